The van der Waals surface area contributed by atoms with E-state index in [-0.39, 0.29) is 23.4 Å². The van der Waals surface area contributed by atoms with Gasteiger partial charge in [0.1, 0.15) is 5.78 Å². The maximum Gasteiger partial charge on any atom is 0.139 e. The van der Waals surface area contributed by atoms with E-state index in [0.29, 0.717) is 41.3 Å². The number of nitriles is 1. The summed E-state index contributed by atoms with van der Waals surface area (Å²) in [7, 11) is 0. The summed E-state index contributed by atoms with van der Waals surface area (Å²) < 4.78 is 0. The van der Waals surface area contributed by atoms with E-state index in [2.05, 4.69) is 26.8 Å². The van der Waals surface area contributed by atoms with Crippen LogP contribution < -0.4 is 0 Å². The third-order valence-corrected chi connectivity index (χ3v) is 10.2. The second kappa shape index (κ2) is 7.42. The molecule has 9 atom stereocenters. The number of carbonyl (C=O) groups is 1. The molecular formula is C25H39NO2. The van der Waals surface area contributed by atoms with Crippen molar-refractivity contribution in [2.24, 2.45) is 46.3 Å². The van der Waals surface area contributed by atoms with Crippen LogP contribution in [-0.2, 0) is 4.79 Å². The Hall–Kier alpha value is -0.880. The van der Waals surface area contributed by atoms with E-state index in [1.165, 1.54) is 25.7 Å². The van der Waals surface area contributed by atoms with Gasteiger partial charge in [-0.25, -0.2) is 0 Å². The molecule has 28 heavy (non-hydrogen) atoms. The lowest BCUT2D eigenvalue weighted by molar-refractivity contribution is -0.172. The molecule has 0 spiro atoms. The van der Waals surface area contributed by atoms with Gasteiger partial charge in [-0.2, -0.15) is 5.26 Å². The number of aliphatic hydroxyl groups excluding tert-OH is 1. The van der Waals surface area contributed by atoms with Crippen LogP contribution in [0.25, 0.3) is 0 Å². The summed E-state index contributed by atoms with van der Waals surface area (Å²) >= 11 is 0. The van der Waals surface area contributed by atoms with E-state index < -0.39 is 0 Å². The highest BCUT2D eigenvalue weighted by Crippen LogP contribution is 2.68. The summed E-state index contributed by atoms with van der Waals surface area (Å²) in [6.45, 7) is 7.13. The summed E-state index contributed by atoms with van der Waals surface area (Å²) in [6, 6.07) is 2.31. The number of carbonyl (C=O) groups excluding carboxylic acids is 1. The first-order chi connectivity index (χ1) is 13.4. The number of fused-ring (bicyclic) bond motifs is 5. The van der Waals surface area contributed by atoms with E-state index in [1.54, 1.807) is 0 Å². The zero-order valence-electron chi connectivity index (χ0n) is 18.1. The maximum absolute atomic E-state index is 13.8. The number of ketones is 1. The van der Waals surface area contributed by atoms with Crippen molar-refractivity contribution in [1.29, 1.82) is 5.26 Å². The third kappa shape index (κ3) is 2.89. The van der Waals surface area contributed by atoms with Crippen molar-refractivity contribution < 1.29 is 9.90 Å². The highest BCUT2D eigenvalue weighted by atomic mass is 16.3. The molecule has 0 aromatic heterocycles. The van der Waals surface area contributed by atoms with E-state index >= 15 is 0 Å². The molecule has 0 heterocycles. The fourth-order valence-corrected chi connectivity index (χ4v) is 8.65. The highest BCUT2D eigenvalue weighted by molar-refractivity contribution is 5.86. The van der Waals surface area contributed by atoms with Crippen LogP contribution in [0, 0.1) is 57.7 Å². The van der Waals surface area contributed by atoms with Crippen LogP contribution >= 0.6 is 0 Å². The molecule has 4 aliphatic rings. The van der Waals surface area contributed by atoms with Crippen LogP contribution in [0.15, 0.2) is 0 Å². The van der Waals surface area contributed by atoms with Gasteiger partial charge in [-0.3, -0.25) is 4.79 Å². The number of nitrogens with zero attached hydrogens (tertiary/aromatic N) is 1. The molecule has 3 heteroatoms. The average molecular weight is 386 g/mol. The summed E-state index contributed by atoms with van der Waals surface area (Å²) in [5.74, 6) is 3.10. The third-order valence-electron chi connectivity index (χ3n) is 10.2. The molecule has 0 bridgehead atoms. The van der Waals surface area contributed by atoms with Crippen molar-refractivity contribution in [1.82, 2.24) is 0 Å². The zero-order chi connectivity index (χ0) is 20.1. The average Bonchev–Trinajstić information content (AvgIpc) is 3.00. The SMILES string of the molecule is CC[C@@H]1C(=O)C2C3CCC(CCCC#N)[C@@]3(C)CCC2[C@@]2(C)CC[C@@H](O)C[C@@H]12. The van der Waals surface area contributed by atoms with E-state index in [1.807, 2.05) is 0 Å². The first-order valence-electron chi connectivity index (χ1n) is 12.0. The van der Waals surface area contributed by atoms with Gasteiger partial charge >= 0.3 is 0 Å². The molecule has 0 saturated heterocycles. The number of aliphatic hydroxyl groups is 1. The number of rotatable bonds is 4. The van der Waals surface area contributed by atoms with Crippen molar-refractivity contribution in [3.05, 3.63) is 0 Å². The van der Waals surface area contributed by atoms with Gasteiger partial charge in [-0.1, -0.05) is 20.8 Å². The van der Waals surface area contributed by atoms with Crippen molar-refractivity contribution in [2.75, 3.05) is 0 Å². The Morgan fingerprint density at radius 1 is 1.07 bits per heavy atom. The molecule has 4 rings (SSSR count). The Bertz CT molecular complexity index is 653. The Kier molecular flexibility index (Phi) is 5.41. The summed E-state index contributed by atoms with van der Waals surface area (Å²) in [6.07, 6.45) is 11.3. The van der Waals surface area contributed by atoms with E-state index in [4.69, 9.17) is 5.26 Å². The Labute approximate surface area is 171 Å². The predicted molar refractivity (Wildman–Crippen MR) is 110 cm³/mol. The van der Waals surface area contributed by atoms with Gasteiger partial charge in [0.2, 0.25) is 0 Å². The molecule has 156 valence electrons. The molecule has 0 aliphatic heterocycles. The summed E-state index contributed by atoms with van der Waals surface area (Å²) in [5.41, 5.74) is 0.528. The largest absolute Gasteiger partial charge is 0.393 e. The molecule has 4 unspecified atom stereocenters. The van der Waals surface area contributed by atoms with Gasteiger partial charge in [-0.05, 0) is 98.7 Å². The first kappa shape index (κ1) is 20.4. The van der Waals surface area contributed by atoms with Crippen LogP contribution in [0.3, 0.4) is 0 Å². The summed E-state index contributed by atoms with van der Waals surface area (Å²) in [5, 5.41) is 19.3. The van der Waals surface area contributed by atoms with Crippen molar-refractivity contribution >= 4 is 5.78 Å². The molecule has 0 aromatic carbocycles. The monoisotopic (exact) mass is 385 g/mol. The van der Waals surface area contributed by atoms with Gasteiger partial charge in [-0.15, -0.1) is 0 Å². The molecular weight excluding hydrogens is 346 g/mol. The standard InChI is InChI=1S/C25H39NO2/c1-4-18-21-15-17(27)10-12-25(21,3)20-11-13-24(2)16(7-5-6-14-26)8-9-19(24)22(20)23(18)28/h16-22,27H,4-13,15H2,1-3H3/t16?,17-,18+,19?,20?,21+,22?,24-,25-/m1/s1. The van der Waals surface area contributed by atoms with Gasteiger partial charge in [0.25, 0.3) is 0 Å². The van der Waals surface area contributed by atoms with Gasteiger partial charge in [0.15, 0.2) is 0 Å². The molecule has 4 saturated carbocycles. The fourth-order valence-electron chi connectivity index (χ4n) is 8.65. The van der Waals surface area contributed by atoms with Crippen LogP contribution in [-0.4, -0.2) is 17.0 Å². The smallest absolute Gasteiger partial charge is 0.139 e. The number of Topliss-reactive ketones (excluding diaryl/α,β-unsaturated/α-hetero) is 1. The van der Waals surface area contributed by atoms with Crippen LogP contribution in [0.5, 0.6) is 0 Å². The molecule has 1 N–H and O–H groups in total. The minimum Gasteiger partial charge on any atom is -0.393 e. The normalized spacial score (nSPS) is 50.4. The Balaban J connectivity index is 1.63. The van der Waals surface area contributed by atoms with Gasteiger partial charge in [0.05, 0.1) is 12.2 Å². The lowest BCUT2D eigenvalue weighted by atomic mass is 9.42. The van der Waals surface area contributed by atoms with Crippen molar-refractivity contribution in [3.8, 4) is 6.07 Å². The molecule has 0 radical (unpaired) electrons. The fraction of sp³-hybridized carbons (Fsp3) is 0.920. The van der Waals surface area contributed by atoms with Crippen LogP contribution in [0.2, 0.25) is 0 Å². The lowest BCUT2D eigenvalue weighted by Crippen LogP contribution is -2.60. The van der Waals surface area contributed by atoms with Crippen LogP contribution in [0.4, 0.5) is 0 Å². The Morgan fingerprint density at radius 2 is 1.79 bits per heavy atom. The molecule has 0 amide bonds. The first-order valence-corrected chi connectivity index (χ1v) is 12.0. The quantitative estimate of drug-likeness (QED) is 0.649. The number of hydrogen-bond acceptors (Lipinski definition) is 3. The second-order valence-corrected chi connectivity index (χ2v) is 11.1. The zero-order valence-corrected chi connectivity index (χ0v) is 18.1. The molecule has 4 aliphatic carbocycles. The lowest BCUT2D eigenvalue weighted by Gasteiger charge is -2.62. The maximum atomic E-state index is 13.8. The topological polar surface area (TPSA) is 61.1 Å². The van der Waals surface area contributed by atoms with Crippen molar-refractivity contribution in [2.45, 2.75) is 97.5 Å². The van der Waals surface area contributed by atoms with Gasteiger partial charge in [0, 0.05) is 18.3 Å². The Morgan fingerprint density at radius 3 is 2.50 bits per heavy atom. The molecule has 4 fully saturated rings. The van der Waals surface area contributed by atoms with Crippen molar-refractivity contribution in [3.63, 3.8) is 0 Å². The molecule has 3 nitrogen and oxygen atoms in total. The van der Waals surface area contributed by atoms with Gasteiger partial charge < -0.3 is 5.11 Å². The summed E-state index contributed by atoms with van der Waals surface area (Å²) in [4.78, 5) is 13.8. The molecule has 0 aromatic rings. The van der Waals surface area contributed by atoms with E-state index in [9.17, 15) is 9.90 Å². The minimum absolute atomic E-state index is 0.154. The highest BCUT2D eigenvalue weighted by Gasteiger charge is 2.64. The minimum atomic E-state index is -0.207. The predicted octanol–water partition coefficient (Wildman–Crippen LogP) is 5.52. The second-order valence-electron chi connectivity index (χ2n) is 11.1. The van der Waals surface area contributed by atoms with Crippen LogP contribution in [0.1, 0.15) is 91.4 Å². The number of unbranched alkanes of at least 4 members (excludes halogenated alkanes) is 1. The number of hydrogen-bond donors (Lipinski definition) is 1. The van der Waals surface area contributed by atoms with E-state index in [0.717, 1.165) is 38.5 Å².